The lowest BCUT2D eigenvalue weighted by atomic mass is 9.96. The van der Waals surface area contributed by atoms with E-state index in [-0.39, 0.29) is 29.4 Å². The van der Waals surface area contributed by atoms with E-state index < -0.39 is 21.2 Å². The molecule has 2 heterocycles. The fourth-order valence-corrected chi connectivity index (χ4v) is 6.83. The molecule has 3 aromatic rings. The average Bonchev–Trinajstić information content (AvgIpc) is 3.44. The van der Waals surface area contributed by atoms with Crippen molar-refractivity contribution in [2.75, 3.05) is 18.6 Å². The van der Waals surface area contributed by atoms with Gasteiger partial charge in [0.25, 0.3) is 5.91 Å². The lowest BCUT2D eigenvalue weighted by molar-refractivity contribution is -0.118. The summed E-state index contributed by atoms with van der Waals surface area (Å²) >= 11 is -1.39. The molecular formula is C28H30N2O6S2. The predicted octanol–water partition coefficient (Wildman–Crippen LogP) is 4.16. The highest BCUT2D eigenvalue weighted by Crippen LogP contribution is 2.41. The molecule has 5 rings (SSSR count). The van der Waals surface area contributed by atoms with Crippen LogP contribution in [-0.2, 0) is 32.4 Å². The summed E-state index contributed by atoms with van der Waals surface area (Å²) in [5, 5.41) is -0.326. The summed E-state index contributed by atoms with van der Waals surface area (Å²) in [6.07, 6.45) is 3.53. The lowest BCUT2D eigenvalue weighted by Crippen LogP contribution is -2.21. The van der Waals surface area contributed by atoms with Crippen LogP contribution in [0.3, 0.4) is 0 Å². The third kappa shape index (κ3) is 5.98. The lowest BCUT2D eigenvalue weighted by Gasteiger charge is -2.17. The minimum atomic E-state index is -3.00. The number of ether oxygens (including phenoxy) is 2. The number of nitrogens with zero attached hydrogens (tertiary/aromatic N) is 1. The number of nitrogens with one attached hydrogen (secondary N) is 1. The van der Waals surface area contributed by atoms with E-state index in [1.54, 1.807) is 0 Å². The third-order valence-corrected chi connectivity index (χ3v) is 9.26. The fraction of sp³-hybridized carbons (Fsp3) is 0.357. The number of rotatable bonds is 9. The van der Waals surface area contributed by atoms with Crippen molar-refractivity contribution < 1.29 is 27.2 Å². The third-order valence-electron chi connectivity index (χ3n) is 6.85. The first-order valence-corrected chi connectivity index (χ1v) is 15.8. The Hall–Kier alpha value is -3.08. The molecule has 2 aromatic carbocycles. The highest BCUT2D eigenvalue weighted by molar-refractivity contribution is 7.91. The van der Waals surface area contributed by atoms with Gasteiger partial charge in [0.2, 0.25) is 5.88 Å². The summed E-state index contributed by atoms with van der Waals surface area (Å²) in [6, 6.07) is 17.6. The molecule has 1 aliphatic heterocycles. The van der Waals surface area contributed by atoms with Crippen LogP contribution in [0, 0.1) is 6.92 Å². The van der Waals surface area contributed by atoms with Gasteiger partial charge in [-0.1, -0.05) is 30.3 Å². The van der Waals surface area contributed by atoms with Gasteiger partial charge in [0.15, 0.2) is 5.25 Å². The summed E-state index contributed by atoms with van der Waals surface area (Å²) < 4.78 is 49.2. The first-order valence-electron chi connectivity index (χ1n) is 12.5. The van der Waals surface area contributed by atoms with Crippen LogP contribution in [0.4, 0.5) is 0 Å². The van der Waals surface area contributed by atoms with E-state index in [1.165, 1.54) is 11.8 Å². The molecule has 2 aliphatic rings. The molecule has 1 amide bonds. The van der Waals surface area contributed by atoms with Crippen molar-refractivity contribution in [3.63, 3.8) is 0 Å². The molecule has 1 aromatic heterocycles. The smallest absolute Gasteiger partial charge is 0.266 e. The molecule has 0 spiro atoms. The number of hydrogen-bond acceptors (Lipinski definition) is 7. The number of fused-ring (bicyclic) bond motifs is 1. The maximum Gasteiger partial charge on any atom is 0.266 e. The van der Waals surface area contributed by atoms with Gasteiger partial charge < -0.3 is 14.0 Å². The topological polar surface area (TPSA) is 118 Å². The SMILES string of the molecule is Cc1nc(OCCCS(C)(=O)=O)ccc1-c1cccc2c1CC[C@H]2Oc1ccc(C2CC(=O)N[S+]2[O-])cc1. The largest absolute Gasteiger partial charge is 0.593 e. The van der Waals surface area contributed by atoms with E-state index in [2.05, 4.69) is 21.8 Å². The summed E-state index contributed by atoms with van der Waals surface area (Å²) in [7, 11) is -3.00. The molecule has 1 fully saturated rings. The first-order chi connectivity index (χ1) is 18.2. The molecule has 0 radical (unpaired) electrons. The van der Waals surface area contributed by atoms with Gasteiger partial charge in [-0.3, -0.25) is 4.79 Å². The molecule has 38 heavy (non-hydrogen) atoms. The van der Waals surface area contributed by atoms with Gasteiger partial charge in [-0.25, -0.2) is 13.4 Å². The Balaban J connectivity index is 1.27. The van der Waals surface area contributed by atoms with Gasteiger partial charge in [0.1, 0.15) is 21.7 Å². The summed E-state index contributed by atoms with van der Waals surface area (Å²) in [5.41, 5.74) is 6.25. The summed E-state index contributed by atoms with van der Waals surface area (Å²) in [6.45, 7) is 2.25. The van der Waals surface area contributed by atoms with Crippen molar-refractivity contribution in [2.45, 2.75) is 44.0 Å². The van der Waals surface area contributed by atoms with Crippen molar-refractivity contribution in [2.24, 2.45) is 0 Å². The first kappa shape index (κ1) is 26.5. The van der Waals surface area contributed by atoms with Crippen LogP contribution in [0.15, 0.2) is 54.6 Å². The van der Waals surface area contributed by atoms with Crippen molar-refractivity contribution in [3.8, 4) is 22.8 Å². The van der Waals surface area contributed by atoms with Crippen LogP contribution < -0.4 is 14.2 Å². The number of sulfone groups is 1. The normalized spacial score (nSPS) is 20.7. The monoisotopic (exact) mass is 554 g/mol. The van der Waals surface area contributed by atoms with Crippen molar-refractivity contribution in [3.05, 3.63) is 77.0 Å². The molecule has 1 saturated heterocycles. The van der Waals surface area contributed by atoms with E-state index in [1.807, 2.05) is 49.4 Å². The van der Waals surface area contributed by atoms with E-state index >= 15 is 0 Å². The molecule has 200 valence electrons. The van der Waals surface area contributed by atoms with Crippen LogP contribution in [0.5, 0.6) is 11.6 Å². The van der Waals surface area contributed by atoms with E-state index in [9.17, 15) is 17.8 Å². The van der Waals surface area contributed by atoms with E-state index in [4.69, 9.17) is 9.47 Å². The maximum absolute atomic E-state index is 12.1. The number of aromatic nitrogens is 1. The number of benzene rings is 2. The number of aryl methyl sites for hydroxylation is 1. The van der Waals surface area contributed by atoms with Gasteiger partial charge >= 0.3 is 0 Å². The number of hydrogen-bond donors (Lipinski definition) is 1. The second kappa shape index (κ2) is 11.0. The summed E-state index contributed by atoms with van der Waals surface area (Å²) in [5.74, 6) is 1.12. The Bertz CT molecular complexity index is 1440. The fourth-order valence-electron chi connectivity index (χ4n) is 5.03. The highest BCUT2D eigenvalue weighted by Gasteiger charge is 2.37. The zero-order valence-electron chi connectivity index (χ0n) is 21.3. The van der Waals surface area contributed by atoms with Crippen molar-refractivity contribution in [1.29, 1.82) is 0 Å². The Labute approximate surface area is 226 Å². The average molecular weight is 555 g/mol. The molecule has 1 N–H and O–H groups in total. The second-order valence-electron chi connectivity index (χ2n) is 9.72. The number of carbonyl (C=O) groups excluding carboxylic acids is 1. The standard InChI is InChI=1S/C28H30N2O6S2/c1-18-21(12-14-28(29-18)35-15-4-16-38(2,33)34)22-5-3-6-24-23(22)11-13-25(24)36-20-9-7-19(8-10-20)26-17-27(31)30-37(26)32/h3,5-10,12,14,25-26H,4,11,13,15-17H2,1-2H3,(H,30,31)/t25-,26?,37?/m1/s1. The predicted molar refractivity (Wildman–Crippen MR) is 146 cm³/mol. The second-order valence-corrected chi connectivity index (χ2v) is 13.3. The molecule has 3 atom stereocenters. The van der Waals surface area contributed by atoms with E-state index in [0.29, 0.717) is 18.9 Å². The molecule has 0 bridgehead atoms. The Kier molecular flexibility index (Phi) is 7.65. The maximum atomic E-state index is 12.1. The molecule has 0 saturated carbocycles. The van der Waals surface area contributed by atoms with Crippen LogP contribution >= 0.6 is 0 Å². The Morgan fingerprint density at radius 1 is 1.11 bits per heavy atom. The number of carbonyl (C=O) groups is 1. The van der Waals surface area contributed by atoms with Crippen molar-refractivity contribution in [1.82, 2.24) is 9.71 Å². The molecule has 1 aliphatic carbocycles. The van der Waals surface area contributed by atoms with Gasteiger partial charge in [-0.2, -0.15) is 4.72 Å². The van der Waals surface area contributed by atoms with Crippen LogP contribution in [0.25, 0.3) is 11.1 Å². The van der Waals surface area contributed by atoms with Crippen LogP contribution in [0.1, 0.15) is 53.0 Å². The molecule has 2 unspecified atom stereocenters. The Morgan fingerprint density at radius 2 is 1.89 bits per heavy atom. The minimum absolute atomic E-state index is 0.0784. The quantitative estimate of drug-likeness (QED) is 0.312. The Morgan fingerprint density at radius 3 is 2.58 bits per heavy atom. The van der Waals surface area contributed by atoms with Crippen LogP contribution in [0.2, 0.25) is 0 Å². The van der Waals surface area contributed by atoms with Gasteiger partial charge in [-0.15, -0.1) is 0 Å². The van der Waals surface area contributed by atoms with Crippen molar-refractivity contribution >= 4 is 27.1 Å². The zero-order valence-corrected chi connectivity index (χ0v) is 22.9. The summed E-state index contributed by atoms with van der Waals surface area (Å²) in [4.78, 5) is 16.1. The zero-order chi connectivity index (χ0) is 26.9. The molecule has 10 heteroatoms. The number of amides is 1. The minimum Gasteiger partial charge on any atom is -0.593 e. The van der Waals surface area contributed by atoms with Gasteiger partial charge in [-0.05, 0) is 61.1 Å². The van der Waals surface area contributed by atoms with Gasteiger partial charge in [0.05, 0.1) is 30.1 Å². The highest BCUT2D eigenvalue weighted by atomic mass is 32.2. The number of pyridine rings is 1. The van der Waals surface area contributed by atoms with E-state index in [0.717, 1.165) is 46.5 Å². The van der Waals surface area contributed by atoms with Gasteiger partial charge in [0, 0.05) is 29.1 Å². The molecule has 8 nitrogen and oxygen atoms in total. The van der Waals surface area contributed by atoms with Crippen LogP contribution in [-0.4, -0.2) is 42.5 Å². The molecular weight excluding hydrogens is 524 g/mol.